The van der Waals surface area contributed by atoms with Crippen molar-refractivity contribution in [2.75, 3.05) is 7.11 Å². The lowest BCUT2D eigenvalue weighted by Gasteiger charge is -2.11. The first-order chi connectivity index (χ1) is 17.6. The number of hydrogen-bond acceptors (Lipinski definition) is 7. The number of methoxy groups -OCH3 is 1. The van der Waals surface area contributed by atoms with E-state index in [0.29, 0.717) is 18.9 Å². The fourth-order valence-electron chi connectivity index (χ4n) is 4.13. The third kappa shape index (κ3) is 5.07. The first-order valence-corrected chi connectivity index (χ1v) is 12.4. The monoisotopic (exact) mass is 495 g/mol. The fourth-order valence-corrected chi connectivity index (χ4v) is 5.03. The summed E-state index contributed by atoms with van der Waals surface area (Å²) < 4.78 is 12.6. The highest BCUT2D eigenvalue weighted by Crippen LogP contribution is 2.36. The second-order valence-electron chi connectivity index (χ2n) is 8.34. The smallest absolute Gasteiger partial charge is 0.150 e. The molecule has 3 aromatic heterocycles. The lowest BCUT2D eigenvalue weighted by Crippen LogP contribution is -2.03. The number of thiophene rings is 1. The second kappa shape index (κ2) is 10.6. The molecule has 0 aliphatic carbocycles. The number of ether oxygens (including phenoxy) is 2. The first-order valence-electron chi connectivity index (χ1n) is 11.5. The molecule has 1 unspecified atom stereocenters. The molecular weight excluding hydrogens is 470 g/mol. The van der Waals surface area contributed by atoms with Crippen LogP contribution in [0.25, 0.3) is 21.3 Å². The largest absolute Gasteiger partial charge is 0.497 e. The Morgan fingerprint density at radius 2 is 1.86 bits per heavy atom. The Morgan fingerprint density at radius 1 is 1.03 bits per heavy atom. The van der Waals surface area contributed by atoms with E-state index < -0.39 is 0 Å². The summed E-state index contributed by atoms with van der Waals surface area (Å²) in [6, 6.07) is 18.3. The lowest BCUT2D eigenvalue weighted by atomic mass is 9.96. The molecule has 0 saturated heterocycles. The van der Waals surface area contributed by atoms with E-state index >= 15 is 0 Å². The zero-order chi connectivity index (χ0) is 24.9. The number of nitrogens with one attached hydrogen (secondary N) is 1. The van der Waals surface area contributed by atoms with E-state index in [1.165, 1.54) is 0 Å². The van der Waals surface area contributed by atoms with E-state index in [-0.39, 0.29) is 5.92 Å². The minimum atomic E-state index is 0.00120. The van der Waals surface area contributed by atoms with Crippen molar-refractivity contribution in [3.63, 3.8) is 0 Å². The Morgan fingerprint density at radius 3 is 2.58 bits per heavy atom. The van der Waals surface area contributed by atoms with E-state index in [0.717, 1.165) is 49.7 Å². The molecule has 5 rings (SSSR count). The average Bonchev–Trinajstić information content (AvgIpc) is 3.57. The van der Waals surface area contributed by atoms with Crippen LogP contribution in [-0.4, -0.2) is 32.7 Å². The maximum atomic E-state index is 6.07. The van der Waals surface area contributed by atoms with Crippen LogP contribution < -0.4 is 9.47 Å². The van der Waals surface area contributed by atoms with Crippen LogP contribution >= 0.6 is 11.3 Å². The summed E-state index contributed by atoms with van der Waals surface area (Å²) in [7, 11) is 1.68. The van der Waals surface area contributed by atoms with Crippen LogP contribution in [0, 0.1) is 18.8 Å². The zero-order valence-corrected chi connectivity index (χ0v) is 21.1. The maximum Gasteiger partial charge on any atom is 0.150 e. The third-order valence-electron chi connectivity index (χ3n) is 5.97. The molecule has 8 heteroatoms. The van der Waals surface area contributed by atoms with E-state index in [1.54, 1.807) is 18.4 Å². The van der Waals surface area contributed by atoms with Gasteiger partial charge in [0, 0.05) is 17.4 Å². The number of hydrogen-bond donors (Lipinski definition) is 1. The highest BCUT2D eigenvalue weighted by molar-refractivity contribution is 7.17. The first kappa shape index (κ1) is 23.5. The number of aryl methyl sites for hydroxylation is 1. The van der Waals surface area contributed by atoms with Gasteiger partial charge in [-0.2, -0.15) is 0 Å². The molecule has 0 aliphatic rings. The molecule has 0 aliphatic heterocycles. The molecule has 0 spiro atoms. The molecule has 0 radical (unpaired) electrons. The minimum absolute atomic E-state index is 0.00120. The summed E-state index contributed by atoms with van der Waals surface area (Å²) in [4.78, 5) is 4.94. The number of rotatable bonds is 8. The summed E-state index contributed by atoms with van der Waals surface area (Å²) in [5.74, 6) is 8.58. The highest BCUT2D eigenvalue weighted by atomic mass is 32.1. The van der Waals surface area contributed by atoms with Crippen LogP contribution in [-0.2, 0) is 13.0 Å². The number of aromatic amines is 1. The van der Waals surface area contributed by atoms with Gasteiger partial charge in [0.1, 0.15) is 23.9 Å². The highest BCUT2D eigenvalue weighted by Gasteiger charge is 2.14. The van der Waals surface area contributed by atoms with Gasteiger partial charge in [-0.05, 0) is 77.4 Å². The number of fused-ring (bicyclic) bond motifs is 1. The van der Waals surface area contributed by atoms with Crippen molar-refractivity contribution in [2.24, 2.45) is 0 Å². The Kier molecular flexibility index (Phi) is 6.92. The zero-order valence-electron chi connectivity index (χ0n) is 20.3. The van der Waals surface area contributed by atoms with Gasteiger partial charge in [-0.3, -0.25) is 0 Å². The maximum absolute atomic E-state index is 6.07. The molecule has 5 aromatic rings. The Labute approximate surface area is 213 Å². The summed E-state index contributed by atoms with van der Waals surface area (Å²) in [6.07, 6.45) is 0.620. The minimum Gasteiger partial charge on any atom is -0.497 e. The average molecular weight is 496 g/mol. The Balaban J connectivity index is 1.31. The molecular formula is C28H25N5O2S. The molecule has 180 valence electrons. The molecule has 0 amide bonds. The number of tetrazole rings is 1. The molecule has 1 atom stereocenters. The van der Waals surface area contributed by atoms with Crippen molar-refractivity contribution in [1.82, 2.24) is 25.6 Å². The van der Waals surface area contributed by atoms with Crippen molar-refractivity contribution in [1.29, 1.82) is 0 Å². The summed E-state index contributed by atoms with van der Waals surface area (Å²) in [5.41, 5.74) is 6.41. The predicted octanol–water partition coefficient (Wildman–Crippen LogP) is 5.72. The SMILES string of the molecule is CC#CC(Cc1nnn[nH]1)c1ccc(OCc2ccc3scc(-c4ccc(OC)cc4C)c3n2)cc1. The van der Waals surface area contributed by atoms with Crippen molar-refractivity contribution in [3.05, 3.63) is 82.6 Å². The van der Waals surface area contributed by atoms with Crippen LogP contribution in [0.5, 0.6) is 11.5 Å². The Bertz CT molecular complexity index is 1530. The van der Waals surface area contributed by atoms with Crippen molar-refractivity contribution < 1.29 is 9.47 Å². The molecule has 2 aromatic carbocycles. The van der Waals surface area contributed by atoms with Crippen molar-refractivity contribution >= 4 is 21.6 Å². The molecule has 36 heavy (non-hydrogen) atoms. The van der Waals surface area contributed by atoms with Crippen molar-refractivity contribution in [2.45, 2.75) is 32.8 Å². The molecule has 0 fully saturated rings. The summed E-state index contributed by atoms with van der Waals surface area (Å²) in [6.45, 7) is 4.31. The number of pyridine rings is 1. The van der Waals surface area contributed by atoms with Gasteiger partial charge in [0.05, 0.1) is 28.9 Å². The van der Waals surface area contributed by atoms with Crippen LogP contribution in [0.2, 0.25) is 0 Å². The van der Waals surface area contributed by atoms with Gasteiger partial charge < -0.3 is 9.47 Å². The number of nitrogens with zero attached hydrogens (tertiary/aromatic N) is 4. The molecule has 0 bridgehead atoms. The van der Waals surface area contributed by atoms with Crippen LogP contribution in [0.3, 0.4) is 0 Å². The van der Waals surface area contributed by atoms with Crippen LogP contribution in [0.15, 0.2) is 60.0 Å². The summed E-state index contributed by atoms with van der Waals surface area (Å²) in [5, 5.41) is 16.2. The van der Waals surface area contributed by atoms with Gasteiger partial charge >= 0.3 is 0 Å². The number of H-pyrrole nitrogens is 1. The standard InChI is InChI=1S/C28H25N5O2S/c1-4-5-20(15-27-30-32-33-31-27)19-6-9-22(10-7-19)35-16-21-8-13-26-28(29-21)25(17-36-26)24-12-11-23(34-3)14-18(24)2/h6-14,17,20H,15-16H2,1-3H3,(H,30,31,32,33). The Hall–Kier alpha value is -4.22. The predicted molar refractivity (Wildman–Crippen MR) is 141 cm³/mol. The second-order valence-corrected chi connectivity index (χ2v) is 9.25. The van der Waals surface area contributed by atoms with E-state index in [1.807, 2.05) is 43.3 Å². The van der Waals surface area contributed by atoms with Gasteiger partial charge in [0.15, 0.2) is 0 Å². The normalized spacial score (nSPS) is 11.6. The molecule has 3 heterocycles. The van der Waals surface area contributed by atoms with Gasteiger partial charge in [-0.15, -0.1) is 22.4 Å². The topological polar surface area (TPSA) is 85.8 Å². The lowest BCUT2D eigenvalue weighted by molar-refractivity contribution is 0.301. The van der Waals surface area contributed by atoms with E-state index in [9.17, 15) is 0 Å². The number of benzene rings is 2. The van der Waals surface area contributed by atoms with Gasteiger partial charge in [-0.1, -0.05) is 24.1 Å². The fraction of sp³-hybridized carbons (Fsp3) is 0.214. The van der Waals surface area contributed by atoms with Crippen LogP contribution in [0.1, 0.15) is 35.5 Å². The van der Waals surface area contributed by atoms with Crippen molar-refractivity contribution in [3.8, 4) is 34.5 Å². The molecule has 0 saturated carbocycles. The quantitative estimate of drug-likeness (QED) is 0.277. The van der Waals surface area contributed by atoms with Crippen LogP contribution in [0.4, 0.5) is 0 Å². The van der Waals surface area contributed by atoms with Gasteiger partial charge in [0.25, 0.3) is 0 Å². The van der Waals surface area contributed by atoms with E-state index in [4.69, 9.17) is 14.5 Å². The molecule has 1 N–H and O–H groups in total. The van der Waals surface area contributed by atoms with Gasteiger partial charge in [-0.25, -0.2) is 10.1 Å². The third-order valence-corrected chi connectivity index (χ3v) is 6.91. The summed E-state index contributed by atoms with van der Waals surface area (Å²) >= 11 is 1.70. The van der Waals surface area contributed by atoms with Gasteiger partial charge in [0.2, 0.25) is 0 Å². The number of aromatic nitrogens is 5. The van der Waals surface area contributed by atoms with E-state index in [2.05, 4.69) is 63.0 Å². The molecule has 7 nitrogen and oxygen atoms in total.